The molecule has 0 amide bonds. The molecule has 5 heteroatoms. The molecule has 1 aliphatic heterocycles. The number of β-amino-alcohol motifs (C(OH)–C–C–N with tert-alkyl or cyclic N) is 1. The maximum absolute atomic E-state index is 11.0. The van der Waals surface area contributed by atoms with Crippen LogP contribution in [0, 0.1) is 0 Å². The molecule has 1 rings (SSSR count). The summed E-state index contributed by atoms with van der Waals surface area (Å²) in [6.45, 7) is 7.41. The SMILES string of the molecule is CCC(O)CN1CCN(CCC(=O)OC)CC1. The van der Waals surface area contributed by atoms with Crippen molar-refractivity contribution in [3.8, 4) is 0 Å². The monoisotopic (exact) mass is 244 g/mol. The smallest absolute Gasteiger partial charge is 0.306 e. The van der Waals surface area contributed by atoms with Crippen molar-refractivity contribution in [2.45, 2.75) is 25.9 Å². The summed E-state index contributed by atoms with van der Waals surface area (Å²) in [7, 11) is 1.42. The number of carbonyl (C=O) groups excluding carboxylic acids is 1. The second kappa shape index (κ2) is 7.63. The van der Waals surface area contributed by atoms with Crippen LogP contribution < -0.4 is 0 Å². The van der Waals surface area contributed by atoms with Gasteiger partial charge < -0.3 is 14.7 Å². The normalized spacial score (nSPS) is 20.2. The highest BCUT2D eigenvalue weighted by atomic mass is 16.5. The molecule has 0 aromatic heterocycles. The van der Waals surface area contributed by atoms with Gasteiger partial charge in [-0.3, -0.25) is 9.69 Å². The third-order valence-electron chi connectivity index (χ3n) is 3.26. The minimum atomic E-state index is -0.211. The first-order chi connectivity index (χ1) is 8.15. The Morgan fingerprint density at radius 1 is 1.29 bits per heavy atom. The van der Waals surface area contributed by atoms with E-state index in [-0.39, 0.29) is 12.1 Å². The van der Waals surface area contributed by atoms with Crippen LogP contribution in [0.15, 0.2) is 0 Å². The van der Waals surface area contributed by atoms with Gasteiger partial charge in [-0.15, -0.1) is 0 Å². The van der Waals surface area contributed by atoms with Gasteiger partial charge in [-0.1, -0.05) is 6.92 Å². The van der Waals surface area contributed by atoms with Crippen molar-refractivity contribution in [2.75, 3.05) is 46.4 Å². The molecule has 1 unspecified atom stereocenters. The summed E-state index contributed by atoms with van der Waals surface area (Å²) in [5, 5.41) is 9.57. The van der Waals surface area contributed by atoms with Gasteiger partial charge >= 0.3 is 5.97 Å². The number of hydrogen-bond acceptors (Lipinski definition) is 5. The summed E-state index contributed by atoms with van der Waals surface area (Å²) >= 11 is 0. The van der Waals surface area contributed by atoms with Crippen LogP contribution in [-0.4, -0.2) is 73.4 Å². The summed E-state index contributed by atoms with van der Waals surface area (Å²) in [5.41, 5.74) is 0. The summed E-state index contributed by atoms with van der Waals surface area (Å²) < 4.78 is 4.62. The first-order valence-corrected chi connectivity index (χ1v) is 6.35. The third-order valence-corrected chi connectivity index (χ3v) is 3.26. The first kappa shape index (κ1) is 14.4. The number of ether oxygens (including phenoxy) is 1. The molecule has 100 valence electrons. The zero-order valence-corrected chi connectivity index (χ0v) is 10.9. The first-order valence-electron chi connectivity index (χ1n) is 6.35. The Balaban J connectivity index is 2.15. The molecule has 0 aromatic rings. The van der Waals surface area contributed by atoms with Crippen molar-refractivity contribution in [2.24, 2.45) is 0 Å². The van der Waals surface area contributed by atoms with E-state index < -0.39 is 0 Å². The molecule has 17 heavy (non-hydrogen) atoms. The lowest BCUT2D eigenvalue weighted by Crippen LogP contribution is -2.48. The van der Waals surface area contributed by atoms with E-state index in [9.17, 15) is 9.90 Å². The predicted octanol–water partition coefficient (Wildman–Crippen LogP) is -0.0620. The van der Waals surface area contributed by atoms with E-state index in [2.05, 4.69) is 14.5 Å². The standard InChI is InChI=1S/C12H24N2O3/c1-3-11(15)10-14-8-6-13(7-9-14)5-4-12(16)17-2/h11,15H,3-10H2,1-2H3. The molecule has 0 radical (unpaired) electrons. The Morgan fingerprint density at radius 3 is 2.41 bits per heavy atom. The molecule has 0 aliphatic carbocycles. The van der Waals surface area contributed by atoms with Crippen molar-refractivity contribution in [3.63, 3.8) is 0 Å². The zero-order chi connectivity index (χ0) is 12.7. The quantitative estimate of drug-likeness (QED) is 0.663. The number of aliphatic hydroxyl groups is 1. The highest BCUT2D eigenvalue weighted by molar-refractivity contribution is 5.69. The lowest BCUT2D eigenvalue weighted by molar-refractivity contribution is -0.141. The third kappa shape index (κ3) is 5.48. The van der Waals surface area contributed by atoms with Crippen LogP contribution in [0.25, 0.3) is 0 Å². The molecule has 1 heterocycles. The Morgan fingerprint density at radius 2 is 1.88 bits per heavy atom. The fourth-order valence-corrected chi connectivity index (χ4v) is 1.97. The van der Waals surface area contributed by atoms with Crippen LogP contribution in [-0.2, 0) is 9.53 Å². The number of hydrogen-bond donors (Lipinski definition) is 1. The van der Waals surface area contributed by atoms with E-state index in [0.717, 1.165) is 45.7 Å². The molecule has 0 aromatic carbocycles. The predicted molar refractivity (Wildman–Crippen MR) is 65.8 cm³/mol. The molecule has 1 aliphatic rings. The molecule has 0 bridgehead atoms. The van der Waals surface area contributed by atoms with Gasteiger partial charge in [0.2, 0.25) is 0 Å². The Labute approximate surface area is 103 Å². The summed E-state index contributed by atoms with van der Waals surface area (Å²) in [4.78, 5) is 15.6. The topological polar surface area (TPSA) is 53.0 Å². The minimum Gasteiger partial charge on any atom is -0.469 e. The molecule has 0 spiro atoms. The molecule has 0 saturated carbocycles. The highest BCUT2D eigenvalue weighted by Gasteiger charge is 2.18. The van der Waals surface area contributed by atoms with E-state index in [0.29, 0.717) is 6.42 Å². The average Bonchev–Trinajstić information content (AvgIpc) is 2.37. The molecule has 1 N–H and O–H groups in total. The summed E-state index contributed by atoms with van der Waals surface area (Å²) in [5.74, 6) is -0.145. The van der Waals surface area contributed by atoms with Gasteiger partial charge in [0.25, 0.3) is 0 Å². The van der Waals surface area contributed by atoms with E-state index in [4.69, 9.17) is 0 Å². The largest absolute Gasteiger partial charge is 0.469 e. The highest BCUT2D eigenvalue weighted by Crippen LogP contribution is 2.04. The van der Waals surface area contributed by atoms with Crippen molar-refractivity contribution in [1.82, 2.24) is 9.80 Å². The maximum Gasteiger partial charge on any atom is 0.306 e. The van der Waals surface area contributed by atoms with Crippen molar-refractivity contribution < 1.29 is 14.6 Å². The number of aliphatic hydroxyl groups excluding tert-OH is 1. The number of piperazine rings is 1. The Bertz CT molecular complexity index is 228. The van der Waals surface area contributed by atoms with Gasteiger partial charge in [-0.05, 0) is 6.42 Å². The number of nitrogens with zero attached hydrogens (tertiary/aromatic N) is 2. The summed E-state index contributed by atoms with van der Waals surface area (Å²) in [6.07, 6.45) is 1.06. The van der Waals surface area contributed by atoms with E-state index in [1.807, 2.05) is 6.92 Å². The number of methoxy groups -OCH3 is 1. The molecule has 1 fully saturated rings. The van der Waals surface area contributed by atoms with Gasteiger partial charge in [0, 0.05) is 39.3 Å². The number of rotatable bonds is 6. The van der Waals surface area contributed by atoms with Gasteiger partial charge in [-0.2, -0.15) is 0 Å². The molecular weight excluding hydrogens is 220 g/mol. The van der Waals surface area contributed by atoms with Crippen LogP contribution in [0.5, 0.6) is 0 Å². The lowest BCUT2D eigenvalue weighted by atomic mass is 10.2. The Hall–Kier alpha value is -0.650. The lowest BCUT2D eigenvalue weighted by Gasteiger charge is -2.35. The number of esters is 1. The average molecular weight is 244 g/mol. The second-order valence-electron chi connectivity index (χ2n) is 4.53. The van der Waals surface area contributed by atoms with Gasteiger partial charge in [0.15, 0.2) is 0 Å². The van der Waals surface area contributed by atoms with Crippen molar-refractivity contribution >= 4 is 5.97 Å². The Kier molecular flexibility index (Phi) is 6.47. The van der Waals surface area contributed by atoms with Crippen LogP contribution in [0.1, 0.15) is 19.8 Å². The van der Waals surface area contributed by atoms with E-state index in [1.165, 1.54) is 7.11 Å². The molecule has 1 atom stereocenters. The van der Waals surface area contributed by atoms with Gasteiger partial charge in [0.05, 0.1) is 19.6 Å². The fourth-order valence-electron chi connectivity index (χ4n) is 1.97. The zero-order valence-electron chi connectivity index (χ0n) is 10.9. The van der Waals surface area contributed by atoms with E-state index >= 15 is 0 Å². The van der Waals surface area contributed by atoms with Crippen LogP contribution in [0.4, 0.5) is 0 Å². The van der Waals surface area contributed by atoms with E-state index in [1.54, 1.807) is 0 Å². The van der Waals surface area contributed by atoms with Crippen LogP contribution >= 0.6 is 0 Å². The van der Waals surface area contributed by atoms with Gasteiger partial charge in [0.1, 0.15) is 0 Å². The van der Waals surface area contributed by atoms with Crippen LogP contribution in [0.3, 0.4) is 0 Å². The number of carbonyl (C=O) groups is 1. The minimum absolute atomic E-state index is 0.145. The van der Waals surface area contributed by atoms with Gasteiger partial charge in [-0.25, -0.2) is 0 Å². The molecule has 5 nitrogen and oxygen atoms in total. The fraction of sp³-hybridized carbons (Fsp3) is 0.917. The maximum atomic E-state index is 11.0. The summed E-state index contributed by atoms with van der Waals surface area (Å²) in [6, 6.07) is 0. The second-order valence-corrected chi connectivity index (χ2v) is 4.53. The van der Waals surface area contributed by atoms with Crippen molar-refractivity contribution in [1.29, 1.82) is 0 Å². The molecule has 1 saturated heterocycles. The van der Waals surface area contributed by atoms with Crippen molar-refractivity contribution in [3.05, 3.63) is 0 Å². The van der Waals surface area contributed by atoms with Crippen LogP contribution in [0.2, 0.25) is 0 Å². The molecular formula is C12H24N2O3.